The summed E-state index contributed by atoms with van der Waals surface area (Å²) >= 11 is 3.21. The fourth-order valence-electron chi connectivity index (χ4n) is 1.74. The van der Waals surface area contributed by atoms with E-state index in [1.807, 2.05) is 0 Å². The van der Waals surface area contributed by atoms with Crippen LogP contribution in [-0.2, 0) is 0 Å². The van der Waals surface area contributed by atoms with Gasteiger partial charge in [-0.15, -0.1) is 6.42 Å². The van der Waals surface area contributed by atoms with Crippen LogP contribution < -0.4 is 10.2 Å². The number of anilines is 1. The first-order valence-corrected chi connectivity index (χ1v) is 7.32. The van der Waals surface area contributed by atoms with Crippen LogP contribution in [0.3, 0.4) is 0 Å². The lowest BCUT2D eigenvalue weighted by Gasteiger charge is -2.08. The third-order valence-corrected chi connectivity index (χ3v) is 3.37. The Labute approximate surface area is 147 Å². The summed E-state index contributed by atoms with van der Waals surface area (Å²) in [5, 5.41) is 3.49. The molecule has 2 aromatic carbocycles. The number of hydrogen-bond donors (Lipinski definition) is 1. The molecule has 0 heterocycles. The molecule has 1 N–H and O–H groups in total. The lowest BCUT2D eigenvalue weighted by molar-refractivity contribution is 0.370. The second-order valence-electron chi connectivity index (χ2n) is 4.49. The zero-order valence-corrected chi connectivity index (χ0v) is 13.8. The highest BCUT2D eigenvalue weighted by atomic mass is 79.9. The van der Waals surface area contributed by atoms with Crippen molar-refractivity contribution in [2.75, 3.05) is 12.0 Å². The van der Waals surface area contributed by atoms with Crippen LogP contribution in [0.5, 0.6) is 5.75 Å². The number of nitrogens with zero attached hydrogens (tertiary/aromatic N) is 1. The third-order valence-electron chi connectivity index (χ3n) is 2.87. The van der Waals surface area contributed by atoms with Gasteiger partial charge in [-0.05, 0) is 18.2 Å². The molecule has 0 aromatic heterocycles. The number of rotatable bonds is 5. The Morgan fingerprint density at radius 1 is 1.08 bits per heavy atom. The van der Waals surface area contributed by atoms with Crippen molar-refractivity contribution in [1.82, 2.24) is 0 Å². The van der Waals surface area contributed by atoms with Crippen LogP contribution in [0.15, 0.2) is 27.8 Å². The van der Waals surface area contributed by atoms with E-state index in [0.717, 1.165) is 6.21 Å². The van der Waals surface area contributed by atoms with Crippen molar-refractivity contribution >= 4 is 27.8 Å². The highest BCUT2D eigenvalue weighted by Gasteiger charge is 2.25. The van der Waals surface area contributed by atoms with Gasteiger partial charge in [-0.1, -0.05) is 21.9 Å². The Morgan fingerprint density at radius 2 is 1.68 bits per heavy atom. The van der Waals surface area contributed by atoms with Crippen LogP contribution in [0, 0.1) is 41.4 Å². The predicted molar refractivity (Wildman–Crippen MR) is 85.9 cm³/mol. The molecule has 3 nitrogen and oxygen atoms in total. The molecule has 0 unspecified atom stereocenters. The molecule has 0 saturated heterocycles. The van der Waals surface area contributed by atoms with Crippen molar-refractivity contribution in [2.24, 2.45) is 5.10 Å². The number of hydrogen-bond acceptors (Lipinski definition) is 3. The second kappa shape index (κ2) is 7.98. The average molecular weight is 419 g/mol. The van der Waals surface area contributed by atoms with Gasteiger partial charge in [-0.25, -0.2) is 22.0 Å². The highest BCUT2D eigenvalue weighted by molar-refractivity contribution is 9.10. The molecule has 0 bridgehead atoms. The van der Waals surface area contributed by atoms with Gasteiger partial charge >= 0.3 is 0 Å². The summed E-state index contributed by atoms with van der Waals surface area (Å²) in [6.45, 7) is -0.0342. The molecule has 0 atom stereocenters. The molecule has 0 aliphatic heterocycles. The zero-order valence-electron chi connectivity index (χ0n) is 12.2. The van der Waals surface area contributed by atoms with Crippen LogP contribution in [-0.4, -0.2) is 12.8 Å². The first-order valence-electron chi connectivity index (χ1n) is 6.53. The van der Waals surface area contributed by atoms with Crippen molar-refractivity contribution in [3.63, 3.8) is 0 Å². The Hall–Kier alpha value is -2.60. The molecule has 0 fully saturated rings. The molecule has 25 heavy (non-hydrogen) atoms. The number of ether oxygens (including phenoxy) is 1. The lowest BCUT2D eigenvalue weighted by atomic mass is 10.2. The number of nitrogens with one attached hydrogen (secondary N) is 1. The maximum atomic E-state index is 13.5. The Morgan fingerprint density at radius 3 is 2.28 bits per heavy atom. The van der Waals surface area contributed by atoms with Crippen LogP contribution in [0.2, 0.25) is 0 Å². The molecule has 2 rings (SSSR count). The van der Waals surface area contributed by atoms with Gasteiger partial charge in [0.05, 0.1) is 6.21 Å². The summed E-state index contributed by atoms with van der Waals surface area (Å²) in [7, 11) is 0. The Bertz CT molecular complexity index is 851. The fourth-order valence-corrected chi connectivity index (χ4v) is 2.12. The molecule has 0 aliphatic carbocycles. The maximum absolute atomic E-state index is 13.5. The Kier molecular flexibility index (Phi) is 5.98. The van der Waals surface area contributed by atoms with Crippen molar-refractivity contribution in [3.05, 3.63) is 57.3 Å². The van der Waals surface area contributed by atoms with Gasteiger partial charge in [0.1, 0.15) is 18.0 Å². The molecule has 130 valence electrons. The van der Waals surface area contributed by atoms with Crippen LogP contribution in [0.1, 0.15) is 5.56 Å². The monoisotopic (exact) mass is 418 g/mol. The van der Waals surface area contributed by atoms with Gasteiger partial charge in [0.2, 0.25) is 5.82 Å². The lowest BCUT2D eigenvalue weighted by Crippen LogP contribution is -2.06. The van der Waals surface area contributed by atoms with Crippen LogP contribution in [0.4, 0.5) is 27.6 Å². The highest BCUT2D eigenvalue weighted by Crippen LogP contribution is 2.27. The quantitative estimate of drug-likeness (QED) is 0.192. The Balaban J connectivity index is 2.31. The van der Waals surface area contributed by atoms with Gasteiger partial charge in [-0.3, -0.25) is 5.43 Å². The summed E-state index contributed by atoms with van der Waals surface area (Å²) in [5.41, 5.74) is 0.881. The first kappa shape index (κ1) is 18.7. The zero-order chi connectivity index (χ0) is 18.6. The number of benzene rings is 2. The van der Waals surface area contributed by atoms with Gasteiger partial charge in [0.25, 0.3) is 0 Å². The van der Waals surface area contributed by atoms with Crippen molar-refractivity contribution in [1.29, 1.82) is 0 Å². The predicted octanol–water partition coefficient (Wildman–Crippen LogP) is 4.60. The van der Waals surface area contributed by atoms with Crippen molar-refractivity contribution in [2.45, 2.75) is 0 Å². The molecule has 0 saturated carbocycles. The van der Waals surface area contributed by atoms with E-state index in [4.69, 9.17) is 11.2 Å². The topological polar surface area (TPSA) is 33.6 Å². The molecule has 0 aliphatic rings. The number of halogens is 6. The van der Waals surface area contributed by atoms with E-state index < -0.39 is 34.8 Å². The van der Waals surface area contributed by atoms with Crippen LogP contribution in [0.25, 0.3) is 0 Å². The van der Waals surface area contributed by atoms with E-state index >= 15 is 0 Å². The van der Waals surface area contributed by atoms with E-state index in [1.165, 1.54) is 0 Å². The third kappa shape index (κ3) is 4.09. The summed E-state index contributed by atoms with van der Waals surface area (Å²) in [6.07, 6.45) is 6.17. The second-order valence-corrected chi connectivity index (χ2v) is 5.41. The minimum absolute atomic E-state index is 0.0342. The standard InChI is InChI=1S/C16H8BrF5N2O/c1-2-5-25-10-4-3-9(17)6-8(10)7-23-24-16-14(21)12(19)11(18)13(20)15(16)22/h1,3-4,6-7,24H,5H2/b23-7+. The van der Waals surface area contributed by atoms with Gasteiger partial charge in [0, 0.05) is 10.0 Å². The van der Waals surface area contributed by atoms with Crippen molar-refractivity contribution < 1.29 is 26.7 Å². The fraction of sp³-hybridized carbons (Fsp3) is 0.0625. The SMILES string of the molecule is C#CCOc1ccc(Br)cc1/C=N/Nc1c(F)c(F)c(F)c(F)c1F. The summed E-state index contributed by atoms with van der Waals surface area (Å²) in [6, 6.07) is 4.76. The van der Waals surface area contributed by atoms with Crippen molar-refractivity contribution in [3.8, 4) is 18.1 Å². The minimum atomic E-state index is -2.25. The average Bonchev–Trinajstić information content (AvgIpc) is 2.60. The summed E-state index contributed by atoms with van der Waals surface area (Å²) in [4.78, 5) is 0. The largest absolute Gasteiger partial charge is 0.480 e. The maximum Gasteiger partial charge on any atom is 0.200 e. The summed E-state index contributed by atoms with van der Waals surface area (Å²) < 4.78 is 72.1. The summed E-state index contributed by atoms with van der Waals surface area (Å²) in [5.74, 6) is -7.87. The van der Waals surface area contributed by atoms with Gasteiger partial charge < -0.3 is 4.74 Å². The first-order chi connectivity index (χ1) is 11.9. The van der Waals surface area contributed by atoms with E-state index in [2.05, 4.69) is 27.0 Å². The molecular weight excluding hydrogens is 411 g/mol. The van der Waals surface area contributed by atoms with E-state index in [0.29, 0.717) is 15.8 Å². The minimum Gasteiger partial charge on any atom is -0.480 e. The molecule has 0 spiro atoms. The van der Waals surface area contributed by atoms with Gasteiger partial charge in [0.15, 0.2) is 23.3 Å². The number of hydrazone groups is 1. The molecule has 9 heteroatoms. The normalized spacial score (nSPS) is 10.8. The molecule has 0 radical (unpaired) electrons. The van der Waals surface area contributed by atoms with Crippen LogP contribution >= 0.6 is 15.9 Å². The number of terminal acetylenes is 1. The van der Waals surface area contributed by atoms with E-state index in [-0.39, 0.29) is 6.61 Å². The molecule has 0 amide bonds. The van der Waals surface area contributed by atoms with E-state index in [1.54, 1.807) is 23.6 Å². The molecular formula is C16H8BrF5N2O. The smallest absolute Gasteiger partial charge is 0.200 e. The van der Waals surface area contributed by atoms with Gasteiger partial charge in [-0.2, -0.15) is 5.10 Å². The van der Waals surface area contributed by atoms with E-state index in [9.17, 15) is 22.0 Å². The molecule has 2 aromatic rings.